The number of hydrogen-bond donors (Lipinski definition) is 2. The van der Waals surface area contributed by atoms with Crippen LogP contribution in [0.2, 0.25) is 0 Å². The summed E-state index contributed by atoms with van der Waals surface area (Å²) >= 11 is 0. The van der Waals surface area contributed by atoms with Crippen LogP contribution in [-0.4, -0.2) is 59.2 Å². The predicted octanol–water partition coefficient (Wildman–Crippen LogP) is 0.801. The standard InChI is InChI=1S/C15H28N4O2/c1-11-15(16)12(2)19(17-11)9-14(20)8-18-6-4-13(5-7-18)10-21-3/h13-14,20H,4-10,16H2,1-3H3. The van der Waals surface area contributed by atoms with E-state index in [-0.39, 0.29) is 0 Å². The van der Waals surface area contributed by atoms with Gasteiger partial charge in [0.15, 0.2) is 0 Å². The second-order valence-electron chi connectivity index (χ2n) is 6.12. The quantitative estimate of drug-likeness (QED) is 0.812. The van der Waals surface area contributed by atoms with E-state index in [4.69, 9.17) is 10.5 Å². The molecule has 2 heterocycles. The summed E-state index contributed by atoms with van der Waals surface area (Å²) in [5.41, 5.74) is 8.41. The van der Waals surface area contributed by atoms with E-state index in [9.17, 15) is 5.11 Å². The number of aliphatic hydroxyl groups excluding tert-OH is 1. The summed E-state index contributed by atoms with van der Waals surface area (Å²) < 4.78 is 7.02. The van der Waals surface area contributed by atoms with E-state index in [2.05, 4.69) is 10.00 Å². The van der Waals surface area contributed by atoms with Crippen molar-refractivity contribution in [1.82, 2.24) is 14.7 Å². The van der Waals surface area contributed by atoms with Gasteiger partial charge in [-0.15, -0.1) is 0 Å². The number of hydrogen-bond acceptors (Lipinski definition) is 5. The number of piperidine rings is 1. The van der Waals surface area contributed by atoms with Crippen molar-refractivity contribution >= 4 is 5.69 Å². The lowest BCUT2D eigenvalue weighted by atomic mass is 9.97. The molecule has 1 aliphatic rings. The first-order valence-corrected chi connectivity index (χ1v) is 7.70. The molecule has 0 spiro atoms. The van der Waals surface area contributed by atoms with Crippen molar-refractivity contribution in [2.75, 3.05) is 39.1 Å². The van der Waals surface area contributed by atoms with Crippen molar-refractivity contribution in [1.29, 1.82) is 0 Å². The minimum absolute atomic E-state index is 0.415. The summed E-state index contributed by atoms with van der Waals surface area (Å²) in [4.78, 5) is 2.33. The van der Waals surface area contributed by atoms with E-state index in [1.165, 1.54) is 0 Å². The third-order valence-corrected chi connectivity index (χ3v) is 4.40. The average molecular weight is 296 g/mol. The van der Waals surface area contributed by atoms with Crippen LogP contribution in [0.15, 0.2) is 0 Å². The molecule has 21 heavy (non-hydrogen) atoms. The summed E-state index contributed by atoms with van der Waals surface area (Å²) in [6, 6.07) is 0. The van der Waals surface area contributed by atoms with Crippen LogP contribution in [-0.2, 0) is 11.3 Å². The molecule has 6 heteroatoms. The number of nitrogen functional groups attached to an aromatic ring is 1. The van der Waals surface area contributed by atoms with Gasteiger partial charge in [-0.2, -0.15) is 5.10 Å². The highest BCUT2D eigenvalue weighted by molar-refractivity contribution is 5.46. The van der Waals surface area contributed by atoms with Gasteiger partial charge in [-0.3, -0.25) is 4.68 Å². The van der Waals surface area contributed by atoms with Crippen LogP contribution in [0.3, 0.4) is 0 Å². The second kappa shape index (κ2) is 7.24. The molecular formula is C15H28N4O2. The number of β-amino-alcohol motifs (C(OH)–C–C–N with tert-alkyl or cyclic N) is 1. The van der Waals surface area contributed by atoms with E-state index in [0.29, 0.717) is 19.0 Å². The molecule has 1 saturated heterocycles. The number of ether oxygens (including phenoxy) is 1. The van der Waals surface area contributed by atoms with Gasteiger partial charge in [0, 0.05) is 20.3 Å². The highest BCUT2D eigenvalue weighted by Crippen LogP contribution is 2.18. The molecule has 1 aromatic heterocycles. The number of nitrogens with two attached hydrogens (primary N) is 1. The van der Waals surface area contributed by atoms with Crippen LogP contribution < -0.4 is 5.73 Å². The minimum atomic E-state index is -0.415. The molecule has 2 rings (SSSR count). The number of aryl methyl sites for hydroxylation is 1. The van der Waals surface area contributed by atoms with Gasteiger partial charge in [0.25, 0.3) is 0 Å². The third kappa shape index (κ3) is 4.18. The number of rotatable bonds is 6. The topological polar surface area (TPSA) is 76.5 Å². The molecule has 0 radical (unpaired) electrons. The van der Waals surface area contributed by atoms with Crippen molar-refractivity contribution in [3.63, 3.8) is 0 Å². The average Bonchev–Trinajstić information content (AvgIpc) is 2.69. The molecule has 0 bridgehead atoms. The summed E-state index contributed by atoms with van der Waals surface area (Å²) in [5.74, 6) is 0.666. The van der Waals surface area contributed by atoms with Crippen molar-refractivity contribution in [2.24, 2.45) is 5.92 Å². The molecule has 0 amide bonds. The Balaban J connectivity index is 1.80. The molecule has 120 valence electrons. The third-order valence-electron chi connectivity index (χ3n) is 4.40. The van der Waals surface area contributed by atoms with Crippen molar-refractivity contribution < 1.29 is 9.84 Å². The molecule has 3 N–H and O–H groups in total. The van der Waals surface area contributed by atoms with Crippen LogP contribution >= 0.6 is 0 Å². The van der Waals surface area contributed by atoms with Gasteiger partial charge in [0.2, 0.25) is 0 Å². The first-order valence-electron chi connectivity index (χ1n) is 7.70. The Morgan fingerprint density at radius 2 is 2.00 bits per heavy atom. The maximum absolute atomic E-state index is 10.3. The number of likely N-dealkylation sites (tertiary alicyclic amines) is 1. The van der Waals surface area contributed by atoms with Crippen LogP contribution in [0.1, 0.15) is 24.2 Å². The molecule has 0 aliphatic carbocycles. The van der Waals surface area contributed by atoms with Gasteiger partial charge in [-0.05, 0) is 45.7 Å². The molecule has 0 saturated carbocycles. The Hall–Kier alpha value is -1.11. The molecule has 1 aromatic rings. The van der Waals surface area contributed by atoms with Crippen LogP contribution in [0, 0.1) is 19.8 Å². The smallest absolute Gasteiger partial charge is 0.0862 e. The van der Waals surface area contributed by atoms with Crippen molar-refractivity contribution in [3.05, 3.63) is 11.4 Å². The van der Waals surface area contributed by atoms with Crippen molar-refractivity contribution in [3.8, 4) is 0 Å². The second-order valence-corrected chi connectivity index (χ2v) is 6.12. The molecule has 1 fully saturated rings. The van der Waals surface area contributed by atoms with Crippen LogP contribution in [0.4, 0.5) is 5.69 Å². The zero-order valence-electron chi connectivity index (χ0n) is 13.4. The Kier molecular flexibility index (Phi) is 5.61. The van der Waals surface area contributed by atoms with Gasteiger partial charge in [-0.25, -0.2) is 0 Å². The summed E-state index contributed by atoms with van der Waals surface area (Å²) in [7, 11) is 1.76. The molecule has 0 aromatic carbocycles. The van der Waals surface area contributed by atoms with E-state index in [0.717, 1.165) is 49.6 Å². The van der Waals surface area contributed by atoms with E-state index < -0.39 is 6.10 Å². The number of methoxy groups -OCH3 is 1. The first kappa shape index (κ1) is 16.3. The van der Waals surface area contributed by atoms with E-state index in [1.807, 2.05) is 18.5 Å². The fourth-order valence-corrected chi connectivity index (χ4v) is 3.02. The number of aromatic nitrogens is 2. The van der Waals surface area contributed by atoms with Gasteiger partial charge in [0.05, 0.1) is 29.7 Å². The maximum atomic E-state index is 10.3. The number of anilines is 1. The lowest BCUT2D eigenvalue weighted by molar-refractivity contribution is 0.0577. The van der Waals surface area contributed by atoms with Gasteiger partial charge in [-0.1, -0.05) is 0 Å². The molecule has 1 atom stereocenters. The SMILES string of the molecule is COCC1CCN(CC(O)Cn2nc(C)c(N)c2C)CC1. The van der Waals surface area contributed by atoms with E-state index >= 15 is 0 Å². The largest absolute Gasteiger partial charge is 0.396 e. The Bertz CT molecular complexity index is 453. The fourth-order valence-electron chi connectivity index (χ4n) is 3.02. The first-order chi connectivity index (χ1) is 10.0. The Morgan fingerprint density at radius 1 is 1.33 bits per heavy atom. The molecule has 6 nitrogen and oxygen atoms in total. The lowest BCUT2D eigenvalue weighted by Gasteiger charge is -2.32. The zero-order chi connectivity index (χ0) is 15.4. The minimum Gasteiger partial charge on any atom is -0.396 e. The zero-order valence-corrected chi connectivity index (χ0v) is 13.4. The normalized spacial score (nSPS) is 19.0. The van der Waals surface area contributed by atoms with Crippen LogP contribution in [0.25, 0.3) is 0 Å². The molecular weight excluding hydrogens is 268 g/mol. The number of aliphatic hydroxyl groups is 1. The maximum Gasteiger partial charge on any atom is 0.0862 e. The summed E-state index contributed by atoms with van der Waals surface area (Å²) in [6.07, 6.45) is 1.88. The molecule has 1 aliphatic heterocycles. The summed E-state index contributed by atoms with van der Waals surface area (Å²) in [5, 5.41) is 14.7. The highest BCUT2D eigenvalue weighted by Gasteiger charge is 2.21. The number of nitrogens with zero attached hydrogens (tertiary/aromatic N) is 3. The van der Waals surface area contributed by atoms with Crippen LogP contribution in [0.5, 0.6) is 0 Å². The van der Waals surface area contributed by atoms with Crippen molar-refractivity contribution in [2.45, 2.75) is 39.3 Å². The van der Waals surface area contributed by atoms with Gasteiger partial charge < -0.3 is 20.5 Å². The predicted molar refractivity (Wildman–Crippen MR) is 83.2 cm³/mol. The monoisotopic (exact) mass is 296 g/mol. The van der Waals surface area contributed by atoms with Gasteiger partial charge in [0.1, 0.15) is 0 Å². The fraction of sp³-hybridized carbons (Fsp3) is 0.800. The molecule has 1 unspecified atom stereocenters. The van der Waals surface area contributed by atoms with E-state index in [1.54, 1.807) is 7.11 Å². The highest BCUT2D eigenvalue weighted by atomic mass is 16.5. The summed E-state index contributed by atoms with van der Waals surface area (Å²) in [6.45, 7) is 7.94. The van der Waals surface area contributed by atoms with Gasteiger partial charge >= 0.3 is 0 Å². The Morgan fingerprint density at radius 3 is 2.52 bits per heavy atom. The Labute approximate surface area is 126 Å². The lowest BCUT2D eigenvalue weighted by Crippen LogP contribution is -2.41.